The Hall–Kier alpha value is 0.0700. The third-order valence-corrected chi connectivity index (χ3v) is 2.18. The van der Waals surface area contributed by atoms with Gasteiger partial charge >= 0.3 is 11.4 Å². The van der Waals surface area contributed by atoms with Crippen LogP contribution in [0.3, 0.4) is 0 Å². The molecule has 3 nitrogen and oxygen atoms in total. The Morgan fingerprint density at radius 3 is 2.42 bits per heavy atom. The van der Waals surface area contributed by atoms with Crippen LogP contribution >= 0.6 is 0 Å². The lowest BCUT2D eigenvalue weighted by molar-refractivity contribution is 0.253. The van der Waals surface area contributed by atoms with Gasteiger partial charge in [0, 0.05) is 0 Å². The summed E-state index contributed by atoms with van der Waals surface area (Å²) in [5, 5.41) is 0. The molecule has 1 unspecified atom stereocenters. The Bertz CT molecular complexity index is 117. The van der Waals surface area contributed by atoms with Crippen molar-refractivity contribution in [2.45, 2.75) is 39.5 Å². The monoisotopic (exact) mass is 194 g/mol. The lowest BCUT2D eigenvalue weighted by Gasteiger charge is -2.01. The fraction of sp³-hybridized carbons (Fsp3) is 1.00. The summed E-state index contributed by atoms with van der Waals surface area (Å²) in [6.07, 6.45) is 4.52. The van der Waals surface area contributed by atoms with Gasteiger partial charge in [-0.25, -0.2) is 0 Å². The van der Waals surface area contributed by atoms with E-state index >= 15 is 0 Å². The van der Waals surface area contributed by atoms with Gasteiger partial charge in [-0.05, 0) is 13.3 Å². The van der Waals surface area contributed by atoms with Crippen LogP contribution < -0.4 is 0 Å². The van der Waals surface area contributed by atoms with Crippen molar-refractivity contribution < 1.29 is 12.6 Å². The van der Waals surface area contributed by atoms with Crippen LogP contribution in [0.5, 0.6) is 0 Å². The number of unbranched alkanes of at least 4 members (excludes halogenated alkanes) is 3. The second-order valence-electron chi connectivity index (χ2n) is 2.49. The predicted molar refractivity (Wildman–Crippen MR) is 49.9 cm³/mol. The third kappa shape index (κ3) is 8.17. The molecule has 0 aliphatic carbocycles. The first-order valence-electron chi connectivity index (χ1n) is 4.49. The fourth-order valence-corrected chi connectivity index (χ4v) is 1.30. The molecule has 0 saturated carbocycles. The zero-order valence-corrected chi connectivity index (χ0v) is 8.69. The van der Waals surface area contributed by atoms with Crippen molar-refractivity contribution in [3.63, 3.8) is 0 Å². The van der Waals surface area contributed by atoms with E-state index in [0.717, 1.165) is 12.8 Å². The maximum atomic E-state index is 10.7. The summed E-state index contributed by atoms with van der Waals surface area (Å²) < 4.78 is 20.3. The molecule has 4 heteroatoms. The van der Waals surface area contributed by atoms with Crippen LogP contribution in [-0.2, 0) is 19.7 Å². The molecule has 0 heterocycles. The van der Waals surface area contributed by atoms with Crippen LogP contribution in [0.2, 0.25) is 0 Å². The minimum atomic E-state index is -1.53. The minimum Gasteiger partial charge on any atom is -0.269 e. The molecule has 0 aliphatic heterocycles. The average molecular weight is 194 g/mol. The van der Waals surface area contributed by atoms with Crippen LogP contribution in [0.25, 0.3) is 0 Å². The molecule has 0 fully saturated rings. The lowest BCUT2D eigenvalue weighted by atomic mass is 10.2. The smallest absolute Gasteiger partial charge is 0.269 e. The molecular formula is C8H18O3S. The minimum absolute atomic E-state index is 0.432. The highest BCUT2D eigenvalue weighted by Gasteiger charge is 1.97. The fourth-order valence-electron chi connectivity index (χ4n) is 0.786. The quantitative estimate of drug-likeness (QED) is 0.556. The summed E-state index contributed by atoms with van der Waals surface area (Å²) in [6.45, 7) is 4.91. The number of rotatable bonds is 8. The van der Waals surface area contributed by atoms with Gasteiger partial charge in [-0.2, -0.15) is 4.21 Å². The molecule has 0 rings (SSSR count). The van der Waals surface area contributed by atoms with Gasteiger partial charge in [0.05, 0.1) is 13.2 Å². The summed E-state index contributed by atoms with van der Waals surface area (Å²) in [7, 11) is 0. The largest absolute Gasteiger partial charge is 0.304 e. The molecule has 0 aliphatic rings. The van der Waals surface area contributed by atoms with Crippen LogP contribution in [0, 0.1) is 0 Å². The van der Waals surface area contributed by atoms with E-state index < -0.39 is 11.4 Å². The standard InChI is InChI=1S/C8H18O3S/c1-3-5-6-7-8-11-12(9)10-4-2/h3-8H2,1-2H3. The molecule has 0 radical (unpaired) electrons. The van der Waals surface area contributed by atoms with Gasteiger partial charge in [-0.15, -0.1) is 0 Å². The van der Waals surface area contributed by atoms with Crippen LogP contribution in [0.4, 0.5) is 0 Å². The van der Waals surface area contributed by atoms with E-state index in [-0.39, 0.29) is 0 Å². The van der Waals surface area contributed by atoms with E-state index in [1.165, 1.54) is 12.8 Å². The second kappa shape index (κ2) is 9.16. The first-order chi connectivity index (χ1) is 5.81. The van der Waals surface area contributed by atoms with Crippen molar-refractivity contribution in [1.82, 2.24) is 0 Å². The topological polar surface area (TPSA) is 35.5 Å². The zero-order valence-electron chi connectivity index (χ0n) is 7.88. The highest BCUT2D eigenvalue weighted by atomic mass is 32.2. The Labute approximate surface area is 77.3 Å². The van der Waals surface area contributed by atoms with Gasteiger partial charge in [0.25, 0.3) is 0 Å². The van der Waals surface area contributed by atoms with Gasteiger partial charge in [0.2, 0.25) is 0 Å². The Morgan fingerprint density at radius 1 is 1.08 bits per heavy atom. The molecule has 0 aromatic heterocycles. The Morgan fingerprint density at radius 2 is 1.83 bits per heavy atom. The van der Waals surface area contributed by atoms with E-state index in [9.17, 15) is 4.21 Å². The summed E-state index contributed by atoms with van der Waals surface area (Å²) >= 11 is -1.53. The zero-order chi connectivity index (χ0) is 9.23. The number of hydrogen-bond donors (Lipinski definition) is 0. The molecule has 1 atom stereocenters. The van der Waals surface area contributed by atoms with E-state index in [2.05, 4.69) is 6.92 Å². The van der Waals surface area contributed by atoms with Crippen molar-refractivity contribution in [1.29, 1.82) is 0 Å². The summed E-state index contributed by atoms with van der Waals surface area (Å²) in [6, 6.07) is 0. The summed E-state index contributed by atoms with van der Waals surface area (Å²) in [5.74, 6) is 0. The van der Waals surface area contributed by atoms with Crippen LogP contribution in [0.15, 0.2) is 0 Å². The Balaban J connectivity index is 3.03. The number of hydrogen-bond acceptors (Lipinski definition) is 3. The molecule has 12 heavy (non-hydrogen) atoms. The average Bonchev–Trinajstić information content (AvgIpc) is 2.05. The maximum Gasteiger partial charge on any atom is 0.304 e. The van der Waals surface area contributed by atoms with Crippen molar-refractivity contribution in [2.24, 2.45) is 0 Å². The first kappa shape index (κ1) is 12.1. The van der Waals surface area contributed by atoms with Crippen LogP contribution in [-0.4, -0.2) is 17.4 Å². The molecule has 0 amide bonds. The van der Waals surface area contributed by atoms with Crippen molar-refractivity contribution >= 4 is 11.4 Å². The second-order valence-corrected chi connectivity index (χ2v) is 3.37. The van der Waals surface area contributed by atoms with Gasteiger partial charge in [0.1, 0.15) is 0 Å². The molecule has 0 aromatic rings. The van der Waals surface area contributed by atoms with Crippen molar-refractivity contribution in [3.8, 4) is 0 Å². The van der Waals surface area contributed by atoms with E-state index in [1.54, 1.807) is 6.92 Å². The van der Waals surface area contributed by atoms with Crippen LogP contribution in [0.1, 0.15) is 39.5 Å². The normalized spacial score (nSPS) is 13.2. The molecule has 0 N–H and O–H groups in total. The first-order valence-corrected chi connectivity index (χ1v) is 5.49. The van der Waals surface area contributed by atoms with Gasteiger partial charge in [-0.3, -0.25) is 8.37 Å². The third-order valence-electron chi connectivity index (χ3n) is 1.39. The van der Waals surface area contributed by atoms with E-state index in [4.69, 9.17) is 8.37 Å². The molecule has 0 aromatic carbocycles. The van der Waals surface area contributed by atoms with E-state index in [1.807, 2.05) is 0 Å². The molecular weight excluding hydrogens is 176 g/mol. The highest BCUT2D eigenvalue weighted by Crippen LogP contribution is 2.00. The Kier molecular flexibility index (Phi) is 9.21. The van der Waals surface area contributed by atoms with E-state index in [0.29, 0.717) is 13.2 Å². The molecule has 74 valence electrons. The summed E-state index contributed by atoms with van der Waals surface area (Å²) in [5.41, 5.74) is 0. The SMILES string of the molecule is CCCCCCOS(=O)OCC. The van der Waals surface area contributed by atoms with Gasteiger partial charge in [-0.1, -0.05) is 26.2 Å². The highest BCUT2D eigenvalue weighted by molar-refractivity contribution is 7.75. The van der Waals surface area contributed by atoms with Crippen molar-refractivity contribution in [2.75, 3.05) is 13.2 Å². The van der Waals surface area contributed by atoms with Gasteiger partial charge < -0.3 is 0 Å². The molecule has 0 spiro atoms. The maximum absolute atomic E-state index is 10.7. The van der Waals surface area contributed by atoms with Crippen molar-refractivity contribution in [3.05, 3.63) is 0 Å². The molecule has 0 saturated heterocycles. The lowest BCUT2D eigenvalue weighted by Crippen LogP contribution is -2.02. The van der Waals surface area contributed by atoms with Gasteiger partial charge in [0.15, 0.2) is 0 Å². The molecule has 0 bridgehead atoms. The summed E-state index contributed by atoms with van der Waals surface area (Å²) in [4.78, 5) is 0. The predicted octanol–water partition coefficient (Wildman–Crippen LogP) is 2.20.